The Morgan fingerprint density at radius 3 is 2.41 bits per heavy atom. The van der Waals surface area contributed by atoms with E-state index in [2.05, 4.69) is 10.6 Å². The average Bonchev–Trinajstić information content (AvgIpc) is 2.73. The third-order valence-corrected chi connectivity index (χ3v) is 5.45. The Balaban J connectivity index is 1.74. The maximum Gasteiger partial charge on any atom is 0.267 e. The van der Waals surface area contributed by atoms with Crippen molar-refractivity contribution in [3.63, 3.8) is 0 Å². The molecule has 0 saturated heterocycles. The second kappa shape index (κ2) is 9.63. The SMILES string of the molecule is Cc1ccc(N/C=C(/C#N)C(=O)Nc2ccccc2Sc2ccccc2)cc1C. The van der Waals surface area contributed by atoms with E-state index in [1.54, 1.807) is 11.8 Å². The topological polar surface area (TPSA) is 64.9 Å². The standard InChI is InChI=1S/C24H21N3OS/c1-17-12-13-20(14-18(17)2)26-16-19(15-25)24(28)27-22-10-6-7-11-23(22)29-21-8-4-3-5-9-21/h3-14,16,26H,1-2H3,(H,27,28)/b19-16-. The predicted octanol–water partition coefficient (Wildman–Crippen LogP) is 5.91. The van der Waals surface area contributed by atoms with Crippen LogP contribution in [-0.2, 0) is 4.79 Å². The molecule has 0 bridgehead atoms. The van der Waals surface area contributed by atoms with Crippen LogP contribution in [0.25, 0.3) is 0 Å². The largest absolute Gasteiger partial charge is 0.360 e. The number of nitriles is 1. The van der Waals surface area contributed by atoms with Gasteiger partial charge >= 0.3 is 0 Å². The van der Waals surface area contributed by atoms with Gasteiger partial charge in [0.15, 0.2) is 0 Å². The summed E-state index contributed by atoms with van der Waals surface area (Å²) in [6.07, 6.45) is 1.44. The number of carbonyl (C=O) groups excluding carboxylic acids is 1. The van der Waals surface area contributed by atoms with Gasteiger partial charge in [0.25, 0.3) is 5.91 Å². The lowest BCUT2D eigenvalue weighted by atomic mass is 10.1. The molecule has 29 heavy (non-hydrogen) atoms. The molecule has 5 heteroatoms. The highest BCUT2D eigenvalue weighted by molar-refractivity contribution is 7.99. The molecule has 0 aliphatic heterocycles. The number of hydrogen-bond acceptors (Lipinski definition) is 4. The molecule has 0 aliphatic rings. The van der Waals surface area contributed by atoms with E-state index in [4.69, 9.17) is 0 Å². The lowest BCUT2D eigenvalue weighted by Crippen LogP contribution is -2.15. The molecule has 0 aromatic heterocycles. The second-order valence-electron chi connectivity index (χ2n) is 6.48. The van der Waals surface area contributed by atoms with Gasteiger partial charge in [-0.3, -0.25) is 4.79 Å². The number of para-hydroxylation sites is 1. The summed E-state index contributed by atoms with van der Waals surface area (Å²) in [6, 6.07) is 25.3. The number of nitrogens with one attached hydrogen (secondary N) is 2. The summed E-state index contributed by atoms with van der Waals surface area (Å²) in [7, 11) is 0. The summed E-state index contributed by atoms with van der Waals surface area (Å²) in [6.45, 7) is 4.05. The Hall–Kier alpha value is -3.49. The molecule has 4 nitrogen and oxygen atoms in total. The maximum atomic E-state index is 12.6. The maximum absolute atomic E-state index is 12.6. The fourth-order valence-electron chi connectivity index (χ4n) is 2.60. The average molecular weight is 400 g/mol. The minimum atomic E-state index is -0.454. The first-order valence-electron chi connectivity index (χ1n) is 9.14. The summed E-state index contributed by atoms with van der Waals surface area (Å²) >= 11 is 1.56. The molecule has 144 valence electrons. The number of anilines is 2. The minimum absolute atomic E-state index is 0.00254. The molecule has 0 spiro atoms. The minimum Gasteiger partial charge on any atom is -0.360 e. The molecular formula is C24H21N3OS. The monoisotopic (exact) mass is 399 g/mol. The third-order valence-electron chi connectivity index (χ3n) is 4.36. The van der Waals surface area contributed by atoms with Gasteiger partial charge in [-0.15, -0.1) is 0 Å². The van der Waals surface area contributed by atoms with Crippen molar-refractivity contribution in [2.75, 3.05) is 10.6 Å². The lowest BCUT2D eigenvalue weighted by Gasteiger charge is -2.11. The molecule has 0 aliphatic carbocycles. The molecule has 3 rings (SSSR count). The Bertz CT molecular complexity index is 1080. The fraction of sp³-hybridized carbons (Fsp3) is 0.0833. The Kier molecular flexibility index (Phi) is 6.72. The van der Waals surface area contributed by atoms with Crippen molar-refractivity contribution in [2.45, 2.75) is 23.6 Å². The molecule has 0 radical (unpaired) electrons. The first-order chi connectivity index (χ1) is 14.1. The van der Waals surface area contributed by atoms with Gasteiger partial charge in [0.1, 0.15) is 11.6 Å². The molecule has 0 heterocycles. The molecule has 0 saturated carbocycles. The van der Waals surface area contributed by atoms with E-state index >= 15 is 0 Å². The Morgan fingerprint density at radius 1 is 0.966 bits per heavy atom. The van der Waals surface area contributed by atoms with Gasteiger partial charge < -0.3 is 10.6 Å². The van der Waals surface area contributed by atoms with Crippen LogP contribution in [0, 0.1) is 25.2 Å². The van der Waals surface area contributed by atoms with Crippen LogP contribution < -0.4 is 10.6 Å². The summed E-state index contributed by atoms with van der Waals surface area (Å²) in [4.78, 5) is 14.6. The highest BCUT2D eigenvalue weighted by Crippen LogP contribution is 2.33. The molecule has 0 unspecified atom stereocenters. The van der Waals surface area contributed by atoms with Gasteiger partial charge in [0.2, 0.25) is 0 Å². The third kappa shape index (κ3) is 5.50. The fourth-order valence-corrected chi connectivity index (χ4v) is 3.52. The normalized spacial score (nSPS) is 10.9. The van der Waals surface area contributed by atoms with Gasteiger partial charge in [0, 0.05) is 21.7 Å². The summed E-state index contributed by atoms with van der Waals surface area (Å²) in [5.74, 6) is -0.454. The van der Waals surface area contributed by atoms with E-state index in [9.17, 15) is 10.1 Å². The lowest BCUT2D eigenvalue weighted by molar-refractivity contribution is -0.112. The highest BCUT2D eigenvalue weighted by Gasteiger charge is 2.12. The summed E-state index contributed by atoms with van der Waals surface area (Å²) in [5.41, 5.74) is 3.82. The number of rotatable bonds is 6. The van der Waals surface area contributed by atoms with Crippen LogP contribution in [0.3, 0.4) is 0 Å². The van der Waals surface area contributed by atoms with Crippen molar-refractivity contribution in [3.8, 4) is 6.07 Å². The van der Waals surface area contributed by atoms with Gasteiger partial charge in [-0.1, -0.05) is 48.2 Å². The van der Waals surface area contributed by atoms with Gasteiger partial charge in [-0.05, 0) is 61.4 Å². The van der Waals surface area contributed by atoms with Crippen LogP contribution in [0.2, 0.25) is 0 Å². The van der Waals surface area contributed by atoms with Crippen molar-refractivity contribution < 1.29 is 4.79 Å². The molecular weight excluding hydrogens is 378 g/mol. The van der Waals surface area contributed by atoms with Crippen molar-refractivity contribution in [3.05, 3.63) is 95.7 Å². The summed E-state index contributed by atoms with van der Waals surface area (Å²) in [5, 5.41) is 15.3. The number of benzene rings is 3. The predicted molar refractivity (Wildman–Crippen MR) is 119 cm³/mol. The molecule has 1 amide bonds. The molecule has 3 aromatic rings. The van der Waals surface area contributed by atoms with E-state index in [1.165, 1.54) is 11.8 Å². The number of amides is 1. The number of hydrogen-bond donors (Lipinski definition) is 2. The van der Waals surface area contributed by atoms with Crippen molar-refractivity contribution in [1.29, 1.82) is 5.26 Å². The number of carbonyl (C=O) groups is 1. The highest BCUT2D eigenvalue weighted by atomic mass is 32.2. The van der Waals surface area contributed by atoms with E-state index < -0.39 is 5.91 Å². The quantitative estimate of drug-likeness (QED) is 0.399. The molecule has 0 fully saturated rings. The first kappa shape index (κ1) is 20.2. The van der Waals surface area contributed by atoms with Gasteiger partial charge in [-0.25, -0.2) is 0 Å². The van der Waals surface area contributed by atoms with Crippen LogP contribution >= 0.6 is 11.8 Å². The van der Waals surface area contributed by atoms with Crippen LogP contribution in [0.5, 0.6) is 0 Å². The zero-order chi connectivity index (χ0) is 20.6. The van der Waals surface area contributed by atoms with Crippen LogP contribution in [0.4, 0.5) is 11.4 Å². The Labute approximate surface area is 175 Å². The van der Waals surface area contributed by atoms with Crippen molar-refractivity contribution >= 4 is 29.0 Å². The van der Waals surface area contributed by atoms with Crippen LogP contribution in [-0.4, -0.2) is 5.91 Å². The van der Waals surface area contributed by atoms with E-state index in [-0.39, 0.29) is 5.57 Å². The second-order valence-corrected chi connectivity index (χ2v) is 7.59. The van der Waals surface area contributed by atoms with E-state index in [0.717, 1.165) is 21.0 Å². The molecule has 3 aromatic carbocycles. The molecule has 0 atom stereocenters. The Morgan fingerprint density at radius 2 is 1.69 bits per heavy atom. The number of aryl methyl sites for hydroxylation is 2. The van der Waals surface area contributed by atoms with E-state index in [1.807, 2.05) is 92.7 Å². The number of nitrogens with zero attached hydrogens (tertiary/aromatic N) is 1. The van der Waals surface area contributed by atoms with Gasteiger partial charge in [-0.2, -0.15) is 5.26 Å². The van der Waals surface area contributed by atoms with Crippen molar-refractivity contribution in [2.24, 2.45) is 0 Å². The van der Waals surface area contributed by atoms with Crippen LogP contribution in [0.1, 0.15) is 11.1 Å². The summed E-state index contributed by atoms with van der Waals surface area (Å²) < 4.78 is 0. The smallest absolute Gasteiger partial charge is 0.267 e. The van der Waals surface area contributed by atoms with Crippen molar-refractivity contribution in [1.82, 2.24) is 0 Å². The molecule has 2 N–H and O–H groups in total. The zero-order valence-electron chi connectivity index (χ0n) is 16.3. The zero-order valence-corrected chi connectivity index (χ0v) is 17.1. The van der Waals surface area contributed by atoms with E-state index in [0.29, 0.717) is 5.69 Å². The van der Waals surface area contributed by atoms with Crippen LogP contribution in [0.15, 0.2) is 94.4 Å². The van der Waals surface area contributed by atoms with Gasteiger partial charge in [0.05, 0.1) is 5.69 Å². The first-order valence-corrected chi connectivity index (χ1v) is 9.96.